The highest BCUT2D eigenvalue weighted by Gasteiger charge is 2.16. The van der Waals surface area contributed by atoms with Crippen LogP contribution in [-0.2, 0) is 12.8 Å². The van der Waals surface area contributed by atoms with Crippen molar-refractivity contribution in [2.75, 3.05) is 18.4 Å². The third-order valence-electron chi connectivity index (χ3n) is 4.97. The molecule has 1 aromatic heterocycles. The van der Waals surface area contributed by atoms with Crippen molar-refractivity contribution in [3.8, 4) is 0 Å². The quantitative estimate of drug-likeness (QED) is 0.414. The Hall–Kier alpha value is -3.31. The Kier molecular flexibility index (Phi) is 6.30. The molecule has 0 bridgehead atoms. The monoisotopic (exact) mass is 418 g/mol. The second kappa shape index (κ2) is 9.46. The number of carbonyl (C=O) groups is 1. The number of fused-ring (bicyclic) bond motifs is 1. The van der Waals surface area contributed by atoms with Gasteiger partial charge in [-0.2, -0.15) is 0 Å². The lowest BCUT2D eigenvalue weighted by molar-refractivity contribution is 0.212. The lowest BCUT2D eigenvalue weighted by Crippen LogP contribution is -2.38. The summed E-state index contributed by atoms with van der Waals surface area (Å²) in [6.45, 7) is 1.14. The molecule has 0 aliphatic heterocycles. The summed E-state index contributed by atoms with van der Waals surface area (Å²) in [5.74, 6) is 0.867. The molecule has 152 valence electrons. The van der Waals surface area contributed by atoms with Crippen LogP contribution in [0, 0.1) is 0 Å². The van der Waals surface area contributed by atoms with Gasteiger partial charge in [0.2, 0.25) is 0 Å². The largest absolute Gasteiger partial charge is 0.342 e. The van der Waals surface area contributed by atoms with Crippen LogP contribution in [0.1, 0.15) is 11.4 Å². The van der Waals surface area contributed by atoms with Gasteiger partial charge in [0.15, 0.2) is 0 Å². The second-order valence-corrected chi connectivity index (χ2v) is 7.49. The summed E-state index contributed by atoms with van der Waals surface area (Å²) < 4.78 is 0. The molecule has 4 rings (SSSR count). The van der Waals surface area contributed by atoms with Gasteiger partial charge in [0.05, 0.1) is 21.7 Å². The van der Waals surface area contributed by atoms with Crippen molar-refractivity contribution in [3.63, 3.8) is 0 Å². The standard InChI is InChI=1S/C24H23ClN4O/c25-19-10-4-5-11-20(19)28-24(30)29(16-14-18-8-2-1-3-9-18)17-15-23-26-21-12-6-7-13-22(21)27-23/h1-13H,14-17H2,(H,26,27)(H,28,30). The number of H-pyrrole nitrogens is 1. The molecule has 0 aliphatic rings. The molecule has 0 unspecified atom stereocenters. The molecule has 2 amide bonds. The Bertz CT molecular complexity index is 1090. The molecule has 1 heterocycles. The molecule has 2 N–H and O–H groups in total. The molecule has 0 saturated heterocycles. The number of aromatic nitrogens is 2. The maximum Gasteiger partial charge on any atom is 0.321 e. The molecule has 4 aromatic rings. The summed E-state index contributed by atoms with van der Waals surface area (Å²) in [4.78, 5) is 22.8. The van der Waals surface area contributed by atoms with E-state index in [1.165, 1.54) is 5.56 Å². The van der Waals surface area contributed by atoms with Crippen molar-refractivity contribution < 1.29 is 4.79 Å². The van der Waals surface area contributed by atoms with Gasteiger partial charge in [-0.25, -0.2) is 9.78 Å². The lowest BCUT2D eigenvalue weighted by atomic mass is 10.1. The third-order valence-corrected chi connectivity index (χ3v) is 5.30. The molecule has 5 nitrogen and oxygen atoms in total. The number of carbonyl (C=O) groups excluding carboxylic acids is 1. The fourth-order valence-electron chi connectivity index (χ4n) is 3.35. The second-order valence-electron chi connectivity index (χ2n) is 7.08. The molecule has 30 heavy (non-hydrogen) atoms. The number of hydrogen-bond donors (Lipinski definition) is 2. The SMILES string of the molecule is O=C(Nc1ccccc1Cl)N(CCc1ccccc1)CCc1nc2ccccc2[nH]1. The highest BCUT2D eigenvalue weighted by Crippen LogP contribution is 2.21. The Labute approximate surface area is 180 Å². The van der Waals surface area contributed by atoms with Gasteiger partial charge in [0, 0.05) is 19.5 Å². The summed E-state index contributed by atoms with van der Waals surface area (Å²) in [5, 5.41) is 3.45. The van der Waals surface area contributed by atoms with E-state index < -0.39 is 0 Å². The number of aromatic amines is 1. The molecule has 0 spiro atoms. The topological polar surface area (TPSA) is 61.0 Å². The number of para-hydroxylation sites is 3. The fraction of sp³-hybridized carbons (Fsp3) is 0.167. The smallest absolute Gasteiger partial charge is 0.321 e. The average Bonchev–Trinajstić information content (AvgIpc) is 3.19. The number of imidazole rings is 1. The van der Waals surface area contributed by atoms with Crippen LogP contribution in [0.4, 0.5) is 10.5 Å². The Balaban J connectivity index is 1.46. The maximum atomic E-state index is 13.0. The molecular formula is C24H23ClN4O. The molecule has 0 saturated carbocycles. The van der Waals surface area contributed by atoms with Crippen molar-refractivity contribution in [2.24, 2.45) is 0 Å². The normalized spacial score (nSPS) is 10.8. The number of nitrogens with zero attached hydrogens (tertiary/aromatic N) is 2. The Morgan fingerprint density at radius 3 is 2.40 bits per heavy atom. The van der Waals surface area contributed by atoms with Gasteiger partial charge < -0.3 is 15.2 Å². The first-order chi connectivity index (χ1) is 14.7. The van der Waals surface area contributed by atoms with Gasteiger partial charge in [-0.1, -0.05) is 66.2 Å². The molecule has 0 radical (unpaired) electrons. The van der Waals surface area contributed by atoms with Crippen LogP contribution in [0.15, 0.2) is 78.9 Å². The number of benzene rings is 3. The summed E-state index contributed by atoms with van der Waals surface area (Å²) in [6.07, 6.45) is 1.41. The lowest BCUT2D eigenvalue weighted by Gasteiger charge is -2.23. The van der Waals surface area contributed by atoms with Gasteiger partial charge >= 0.3 is 6.03 Å². The van der Waals surface area contributed by atoms with E-state index in [1.54, 1.807) is 12.1 Å². The van der Waals surface area contributed by atoms with Gasteiger partial charge in [-0.05, 0) is 36.2 Å². The van der Waals surface area contributed by atoms with Crippen molar-refractivity contribution >= 4 is 34.4 Å². The Morgan fingerprint density at radius 2 is 1.60 bits per heavy atom. The highest BCUT2D eigenvalue weighted by molar-refractivity contribution is 6.33. The number of amides is 2. The van der Waals surface area contributed by atoms with E-state index in [1.807, 2.05) is 59.5 Å². The zero-order chi connectivity index (χ0) is 20.8. The highest BCUT2D eigenvalue weighted by atomic mass is 35.5. The van der Waals surface area contributed by atoms with E-state index in [4.69, 9.17) is 11.6 Å². The maximum absolute atomic E-state index is 13.0. The van der Waals surface area contributed by atoms with Crippen molar-refractivity contribution in [1.29, 1.82) is 0 Å². The first kappa shape index (κ1) is 20.0. The fourth-order valence-corrected chi connectivity index (χ4v) is 3.53. The van der Waals surface area contributed by atoms with Crippen LogP contribution in [0.3, 0.4) is 0 Å². The van der Waals surface area contributed by atoms with E-state index in [0.717, 1.165) is 23.3 Å². The molecule has 0 atom stereocenters. The Morgan fingerprint density at radius 1 is 0.900 bits per heavy atom. The third kappa shape index (κ3) is 4.99. The summed E-state index contributed by atoms with van der Waals surface area (Å²) in [6, 6.07) is 25.2. The minimum atomic E-state index is -0.171. The van der Waals surface area contributed by atoms with Crippen molar-refractivity contribution in [2.45, 2.75) is 12.8 Å². The number of hydrogen-bond acceptors (Lipinski definition) is 2. The van der Waals surface area contributed by atoms with E-state index in [-0.39, 0.29) is 6.03 Å². The van der Waals surface area contributed by atoms with E-state index in [9.17, 15) is 4.79 Å². The van der Waals surface area contributed by atoms with Crippen LogP contribution in [0.5, 0.6) is 0 Å². The minimum Gasteiger partial charge on any atom is -0.342 e. The number of halogens is 1. The van der Waals surface area contributed by atoms with Crippen LogP contribution in [0.25, 0.3) is 11.0 Å². The molecule has 0 aliphatic carbocycles. The number of nitrogens with one attached hydrogen (secondary N) is 2. The average molecular weight is 419 g/mol. The first-order valence-corrected chi connectivity index (χ1v) is 10.3. The van der Waals surface area contributed by atoms with Gasteiger partial charge in [-0.15, -0.1) is 0 Å². The summed E-state index contributed by atoms with van der Waals surface area (Å²) in [5.41, 5.74) is 3.74. The molecular weight excluding hydrogens is 396 g/mol. The van der Waals surface area contributed by atoms with E-state index in [0.29, 0.717) is 30.2 Å². The van der Waals surface area contributed by atoms with E-state index >= 15 is 0 Å². The predicted molar refractivity (Wildman–Crippen MR) is 122 cm³/mol. The van der Waals surface area contributed by atoms with Gasteiger partial charge in [0.25, 0.3) is 0 Å². The number of anilines is 1. The molecule has 0 fully saturated rings. The van der Waals surface area contributed by atoms with Crippen LogP contribution in [0.2, 0.25) is 5.02 Å². The first-order valence-electron chi connectivity index (χ1n) is 9.97. The van der Waals surface area contributed by atoms with Crippen molar-refractivity contribution in [1.82, 2.24) is 14.9 Å². The summed E-state index contributed by atoms with van der Waals surface area (Å²) in [7, 11) is 0. The zero-order valence-electron chi connectivity index (χ0n) is 16.5. The van der Waals surface area contributed by atoms with Crippen LogP contribution in [-0.4, -0.2) is 34.0 Å². The minimum absolute atomic E-state index is 0.171. The number of rotatable bonds is 7. The molecule has 3 aromatic carbocycles. The zero-order valence-corrected chi connectivity index (χ0v) is 17.3. The van der Waals surface area contributed by atoms with Crippen LogP contribution < -0.4 is 5.32 Å². The van der Waals surface area contributed by atoms with Crippen LogP contribution >= 0.6 is 11.6 Å². The predicted octanol–water partition coefficient (Wildman–Crippen LogP) is 5.54. The van der Waals surface area contributed by atoms with Crippen molar-refractivity contribution in [3.05, 3.63) is 95.3 Å². The molecule has 6 heteroatoms. The number of urea groups is 1. The van der Waals surface area contributed by atoms with E-state index in [2.05, 4.69) is 27.4 Å². The van der Waals surface area contributed by atoms with Gasteiger partial charge in [-0.3, -0.25) is 0 Å². The summed E-state index contributed by atoms with van der Waals surface area (Å²) >= 11 is 6.22. The van der Waals surface area contributed by atoms with Gasteiger partial charge in [0.1, 0.15) is 5.82 Å².